The number of methoxy groups -OCH3 is 4. The maximum absolute atomic E-state index is 11.8. The van der Waals surface area contributed by atoms with E-state index in [1.54, 1.807) is 6.07 Å². The third-order valence-corrected chi connectivity index (χ3v) is 6.15. The van der Waals surface area contributed by atoms with Crippen molar-refractivity contribution in [2.75, 3.05) is 47.9 Å². The van der Waals surface area contributed by atoms with Crippen LogP contribution in [0.5, 0.6) is 28.7 Å². The van der Waals surface area contributed by atoms with Gasteiger partial charge < -0.3 is 28.4 Å². The molecule has 13 heteroatoms. The molecule has 2 aromatic rings. The molecule has 0 aromatic heterocycles. The average molecular weight is 528 g/mol. The van der Waals surface area contributed by atoms with Crippen molar-refractivity contribution in [3.63, 3.8) is 0 Å². The first-order valence-corrected chi connectivity index (χ1v) is 12.7. The van der Waals surface area contributed by atoms with Gasteiger partial charge in [-0.2, -0.15) is 8.42 Å². The lowest BCUT2D eigenvalue weighted by atomic mass is 10.0. The second kappa shape index (κ2) is 11.6. The van der Waals surface area contributed by atoms with Crippen molar-refractivity contribution in [1.82, 2.24) is 0 Å². The molecule has 1 heterocycles. The highest BCUT2D eigenvalue weighted by atomic mass is 32.2. The molecule has 0 radical (unpaired) electrons. The Labute approximate surface area is 209 Å². The van der Waals surface area contributed by atoms with Crippen LogP contribution in [0.4, 0.5) is 5.69 Å². The van der Waals surface area contributed by atoms with Gasteiger partial charge in [0.15, 0.2) is 17.2 Å². The van der Waals surface area contributed by atoms with Gasteiger partial charge in [0.05, 0.1) is 51.8 Å². The minimum Gasteiger partial charge on any atom is -0.493 e. The fourth-order valence-electron chi connectivity index (χ4n) is 3.97. The number of nitrogens with zero attached hydrogens (tertiary/aromatic N) is 1. The van der Waals surface area contributed by atoms with Crippen LogP contribution < -0.4 is 23.7 Å². The van der Waals surface area contributed by atoms with E-state index < -0.39 is 21.1 Å². The van der Waals surface area contributed by atoms with E-state index in [2.05, 4.69) is 4.18 Å². The van der Waals surface area contributed by atoms with Crippen molar-refractivity contribution in [2.45, 2.75) is 25.0 Å². The van der Waals surface area contributed by atoms with Crippen molar-refractivity contribution >= 4 is 15.8 Å². The zero-order valence-corrected chi connectivity index (χ0v) is 21.5. The molecule has 2 atom stereocenters. The lowest BCUT2D eigenvalue weighted by molar-refractivity contribution is -0.386. The quantitative estimate of drug-likeness (QED) is 0.173. The number of rotatable bonds is 12. The molecule has 1 fully saturated rings. The Bertz CT molecular complexity index is 1170. The molecular weight excluding hydrogens is 498 g/mol. The monoisotopic (exact) mass is 527 g/mol. The Hall–Kier alpha value is -3.29. The van der Waals surface area contributed by atoms with Gasteiger partial charge in [-0.1, -0.05) is 0 Å². The molecule has 1 aliphatic rings. The molecule has 198 valence electrons. The Kier molecular flexibility index (Phi) is 8.82. The lowest BCUT2D eigenvalue weighted by Gasteiger charge is -2.19. The molecule has 12 nitrogen and oxygen atoms in total. The van der Waals surface area contributed by atoms with Crippen molar-refractivity contribution in [3.8, 4) is 28.7 Å². The Morgan fingerprint density at radius 2 is 1.36 bits per heavy atom. The number of ether oxygens (including phenoxy) is 6. The standard InChI is InChI=1S/C23H29NO11S/c1-29-19-11-14(10-16(24(25)26)22(19)33-8-9-34-36(5,27)28)17-6-7-18(35-17)15-12-20(30-2)23(32-4)21(13-15)31-3/h10-13,17-18H,6-9H2,1-5H3/t17-,18-/m0/s1. The van der Waals surface area contributed by atoms with Crippen LogP contribution in [0.15, 0.2) is 24.3 Å². The Morgan fingerprint density at radius 3 is 1.81 bits per heavy atom. The van der Waals surface area contributed by atoms with Gasteiger partial charge in [0.25, 0.3) is 10.1 Å². The van der Waals surface area contributed by atoms with Crippen LogP contribution in [-0.4, -0.2) is 61.2 Å². The summed E-state index contributed by atoms with van der Waals surface area (Å²) in [6.07, 6.45) is 1.41. The molecule has 0 saturated carbocycles. The van der Waals surface area contributed by atoms with Gasteiger partial charge in [-0.05, 0) is 42.2 Å². The highest BCUT2D eigenvalue weighted by molar-refractivity contribution is 7.85. The van der Waals surface area contributed by atoms with Crippen molar-refractivity contribution in [1.29, 1.82) is 0 Å². The number of benzene rings is 2. The van der Waals surface area contributed by atoms with Crippen LogP contribution >= 0.6 is 0 Å². The molecule has 2 aromatic carbocycles. The van der Waals surface area contributed by atoms with E-state index in [-0.39, 0.29) is 36.5 Å². The molecule has 0 spiro atoms. The van der Waals surface area contributed by atoms with Gasteiger partial charge in [-0.3, -0.25) is 14.3 Å². The van der Waals surface area contributed by atoms with Crippen LogP contribution in [0, 0.1) is 10.1 Å². The summed E-state index contributed by atoms with van der Waals surface area (Å²) in [5.74, 6) is 1.47. The summed E-state index contributed by atoms with van der Waals surface area (Å²) in [5.41, 5.74) is 1.04. The predicted octanol–water partition coefficient (Wildman–Crippen LogP) is 3.58. The number of hydrogen-bond acceptors (Lipinski definition) is 11. The lowest BCUT2D eigenvalue weighted by Crippen LogP contribution is -2.12. The molecule has 0 bridgehead atoms. The smallest absolute Gasteiger partial charge is 0.315 e. The number of hydrogen-bond donors (Lipinski definition) is 0. The topological polar surface area (TPSA) is 142 Å². The van der Waals surface area contributed by atoms with Crippen LogP contribution in [0.1, 0.15) is 36.2 Å². The summed E-state index contributed by atoms with van der Waals surface area (Å²) in [5, 5.41) is 11.8. The van der Waals surface area contributed by atoms with Gasteiger partial charge in [0.2, 0.25) is 11.5 Å². The minimum absolute atomic E-state index is 0.123. The highest BCUT2D eigenvalue weighted by Gasteiger charge is 2.32. The molecule has 0 unspecified atom stereocenters. The summed E-state index contributed by atoms with van der Waals surface area (Å²) in [7, 11) is 2.28. The second-order valence-corrected chi connectivity index (χ2v) is 9.50. The van der Waals surface area contributed by atoms with E-state index in [1.165, 1.54) is 34.5 Å². The summed E-state index contributed by atoms with van der Waals surface area (Å²) in [6.45, 7) is -0.532. The normalized spacial score (nSPS) is 17.5. The van der Waals surface area contributed by atoms with Gasteiger partial charge in [-0.25, -0.2) is 0 Å². The first-order valence-electron chi connectivity index (χ1n) is 10.9. The number of nitro groups is 1. The fourth-order valence-corrected chi connectivity index (χ4v) is 4.34. The largest absolute Gasteiger partial charge is 0.493 e. The van der Waals surface area contributed by atoms with Crippen molar-refractivity contribution < 1.29 is 45.9 Å². The van der Waals surface area contributed by atoms with E-state index in [4.69, 9.17) is 28.4 Å². The Morgan fingerprint density at radius 1 is 0.861 bits per heavy atom. The van der Waals surface area contributed by atoms with Gasteiger partial charge in [-0.15, -0.1) is 0 Å². The molecule has 1 aliphatic heterocycles. The van der Waals surface area contributed by atoms with E-state index in [0.717, 1.165) is 11.8 Å². The van der Waals surface area contributed by atoms with Crippen molar-refractivity contribution in [3.05, 3.63) is 45.5 Å². The summed E-state index contributed by atoms with van der Waals surface area (Å²) in [6, 6.07) is 6.61. The van der Waals surface area contributed by atoms with Crippen molar-refractivity contribution in [2.24, 2.45) is 0 Å². The van der Waals surface area contributed by atoms with Crippen LogP contribution in [-0.2, 0) is 19.0 Å². The van der Waals surface area contributed by atoms with Gasteiger partial charge >= 0.3 is 5.69 Å². The molecular formula is C23H29NO11S. The molecule has 0 N–H and O–H groups in total. The maximum Gasteiger partial charge on any atom is 0.315 e. The summed E-state index contributed by atoms with van der Waals surface area (Å²) in [4.78, 5) is 11.2. The van der Waals surface area contributed by atoms with E-state index in [0.29, 0.717) is 35.7 Å². The SMILES string of the molecule is COc1cc([C@@H]2CC[C@@H](c3cc(OC)c(OCCOS(C)(=O)=O)c([N+](=O)[O-])c3)O2)cc(OC)c1OC. The van der Waals surface area contributed by atoms with Gasteiger partial charge in [0, 0.05) is 6.07 Å². The third kappa shape index (κ3) is 6.28. The predicted molar refractivity (Wildman–Crippen MR) is 128 cm³/mol. The molecule has 0 aliphatic carbocycles. The summed E-state index contributed by atoms with van der Waals surface area (Å²) < 4.78 is 60.1. The number of nitro benzene ring substituents is 1. The minimum atomic E-state index is -3.66. The molecule has 1 saturated heterocycles. The fraction of sp³-hybridized carbons (Fsp3) is 0.478. The van der Waals surface area contributed by atoms with Gasteiger partial charge in [0.1, 0.15) is 13.2 Å². The van der Waals surface area contributed by atoms with E-state index in [1.807, 2.05) is 12.1 Å². The van der Waals surface area contributed by atoms with Crippen LogP contribution in [0.3, 0.4) is 0 Å². The maximum atomic E-state index is 11.8. The first kappa shape index (κ1) is 27.3. The van der Waals surface area contributed by atoms with E-state index in [9.17, 15) is 18.5 Å². The molecule has 0 amide bonds. The highest BCUT2D eigenvalue weighted by Crippen LogP contribution is 2.48. The second-order valence-electron chi connectivity index (χ2n) is 7.85. The molecule has 3 rings (SSSR count). The zero-order valence-electron chi connectivity index (χ0n) is 20.6. The third-order valence-electron chi connectivity index (χ3n) is 5.55. The van der Waals surface area contributed by atoms with Crippen LogP contribution in [0.25, 0.3) is 0 Å². The van der Waals surface area contributed by atoms with E-state index >= 15 is 0 Å². The Balaban J connectivity index is 1.85. The summed E-state index contributed by atoms with van der Waals surface area (Å²) >= 11 is 0. The van der Waals surface area contributed by atoms with Crippen LogP contribution in [0.2, 0.25) is 0 Å². The zero-order chi connectivity index (χ0) is 26.5. The first-order chi connectivity index (χ1) is 17.1. The molecule has 36 heavy (non-hydrogen) atoms. The average Bonchev–Trinajstić information content (AvgIpc) is 3.35.